The summed E-state index contributed by atoms with van der Waals surface area (Å²) in [4.78, 5) is 27.9. The van der Waals surface area contributed by atoms with Gasteiger partial charge in [0, 0.05) is 10.6 Å². The lowest BCUT2D eigenvalue weighted by atomic mass is 10.1. The lowest BCUT2D eigenvalue weighted by Crippen LogP contribution is -2.31. The summed E-state index contributed by atoms with van der Waals surface area (Å²) in [6.07, 6.45) is 1.57. The van der Waals surface area contributed by atoms with E-state index in [2.05, 4.69) is 0 Å². The molecule has 2 amide bonds. The van der Waals surface area contributed by atoms with Crippen LogP contribution in [0.3, 0.4) is 0 Å². The van der Waals surface area contributed by atoms with Crippen molar-refractivity contribution < 1.29 is 14.0 Å². The van der Waals surface area contributed by atoms with Crippen molar-refractivity contribution in [1.29, 1.82) is 0 Å². The first-order valence-corrected chi connectivity index (χ1v) is 10.1. The molecule has 0 saturated heterocycles. The van der Waals surface area contributed by atoms with Crippen molar-refractivity contribution in [2.24, 2.45) is 0 Å². The van der Waals surface area contributed by atoms with E-state index in [1.54, 1.807) is 54.8 Å². The van der Waals surface area contributed by atoms with Crippen molar-refractivity contribution in [1.82, 2.24) is 0 Å². The minimum Gasteiger partial charge on any atom is -0.468 e. The third-order valence-electron chi connectivity index (χ3n) is 4.20. The van der Waals surface area contributed by atoms with E-state index in [4.69, 9.17) is 27.6 Å². The Hall–Kier alpha value is -2.47. The molecule has 2 aromatic carbocycles. The number of benzene rings is 2. The highest BCUT2D eigenvalue weighted by molar-refractivity contribution is 8.03. The highest BCUT2D eigenvalue weighted by atomic mass is 35.5. The second-order valence-corrected chi connectivity index (χ2v) is 7.81. The van der Waals surface area contributed by atoms with Crippen LogP contribution in [-0.2, 0) is 15.3 Å². The summed E-state index contributed by atoms with van der Waals surface area (Å²) in [5.74, 6) is 0.326. The molecule has 0 N–H and O–H groups in total. The molecule has 0 fully saturated rings. The monoisotopic (exact) mass is 429 g/mol. The minimum absolute atomic E-state index is 0.270. The van der Waals surface area contributed by atoms with Crippen LogP contribution in [0, 0.1) is 0 Å². The smallest absolute Gasteiger partial charge is 0.272 e. The Balaban J connectivity index is 1.79. The fourth-order valence-electron chi connectivity index (χ4n) is 2.92. The Morgan fingerprint density at radius 1 is 0.929 bits per heavy atom. The van der Waals surface area contributed by atoms with Crippen LogP contribution in [0.25, 0.3) is 5.57 Å². The van der Waals surface area contributed by atoms with Crippen molar-refractivity contribution in [3.8, 4) is 0 Å². The second-order valence-electron chi connectivity index (χ2n) is 5.98. The van der Waals surface area contributed by atoms with Crippen LogP contribution < -0.4 is 4.90 Å². The molecule has 0 atom stereocenters. The number of furan rings is 1. The molecule has 1 aromatic heterocycles. The average Bonchev–Trinajstić information content (AvgIpc) is 3.28. The van der Waals surface area contributed by atoms with E-state index < -0.39 is 5.91 Å². The Labute approximate surface area is 175 Å². The molecule has 4 rings (SSSR count). The van der Waals surface area contributed by atoms with Crippen LogP contribution in [0.5, 0.6) is 0 Å². The number of para-hydroxylation sites is 1. The van der Waals surface area contributed by atoms with Crippen LogP contribution in [0.2, 0.25) is 10.0 Å². The molecule has 140 valence electrons. The number of hydrogen-bond acceptors (Lipinski definition) is 4. The van der Waals surface area contributed by atoms with Gasteiger partial charge in [0.15, 0.2) is 0 Å². The maximum absolute atomic E-state index is 13.2. The molecule has 0 bridgehead atoms. The van der Waals surface area contributed by atoms with E-state index in [9.17, 15) is 9.59 Å². The SMILES string of the molecule is O=C1C(SCc2ccco2)=C(c2ccc(Cl)cc2Cl)C(=O)N1c1ccccc1. The van der Waals surface area contributed by atoms with Crippen molar-refractivity contribution in [2.45, 2.75) is 5.75 Å². The largest absolute Gasteiger partial charge is 0.468 e. The van der Waals surface area contributed by atoms with Gasteiger partial charge in [0.1, 0.15) is 5.76 Å². The first-order valence-electron chi connectivity index (χ1n) is 8.35. The van der Waals surface area contributed by atoms with Crippen LogP contribution in [0.4, 0.5) is 5.69 Å². The standard InChI is InChI=1S/C21H13Cl2NO3S/c22-13-8-9-16(17(23)11-13)18-19(28-12-15-7-4-10-27-15)21(26)24(20(18)25)14-5-2-1-3-6-14/h1-11H,12H2. The number of halogens is 2. The summed E-state index contributed by atoms with van der Waals surface area (Å²) in [7, 11) is 0. The van der Waals surface area contributed by atoms with E-state index in [0.717, 1.165) is 0 Å². The molecule has 4 nitrogen and oxygen atoms in total. The molecule has 0 spiro atoms. The molecule has 2 heterocycles. The van der Waals surface area contributed by atoms with Gasteiger partial charge in [0.2, 0.25) is 0 Å². The van der Waals surface area contributed by atoms with Gasteiger partial charge in [-0.05, 0) is 36.4 Å². The van der Waals surface area contributed by atoms with Gasteiger partial charge in [-0.25, -0.2) is 4.90 Å². The topological polar surface area (TPSA) is 50.5 Å². The molecular formula is C21H13Cl2NO3S. The van der Waals surface area contributed by atoms with Crippen molar-refractivity contribution in [3.05, 3.63) is 93.2 Å². The molecule has 0 unspecified atom stereocenters. The molecule has 0 saturated carbocycles. The minimum atomic E-state index is -0.414. The van der Waals surface area contributed by atoms with E-state index in [1.807, 2.05) is 12.1 Å². The predicted octanol–water partition coefficient (Wildman–Crippen LogP) is 5.80. The van der Waals surface area contributed by atoms with Crippen molar-refractivity contribution in [2.75, 3.05) is 4.90 Å². The Kier molecular flexibility index (Phi) is 5.31. The molecule has 3 aromatic rings. The van der Waals surface area contributed by atoms with Gasteiger partial charge in [-0.3, -0.25) is 9.59 Å². The van der Waals surface area contributed by atoms with Gasteiger partial charge in [-0.1, -0.05) is 47.5 Å². The zero-order valence-electron chi connectivity index (χ0n) is 14.4. The number of nitrogens with zero attached hydrogens (tertiary/aromatic N) is 1. The predicted molar refractivity (Wildman–Crippen MR) is 112 cm³/mol. The van der Waals surface area contributed by atoms with Gasteiger partial charge in [-0.15, -0.1) is 11.8 Å². The van der Waals surface area contributed by atoms with Gasteiger partial charge in [-0.2, -0.15) is 0 Å². The zero-order valence-corrected chi connectivity index (χ0v) is 16.7. The maximum atomic E-state index is 13.2. The fraction of sp³-hybridized carbons (Fsp3) is 0.0476. The molecule has 7 heteroatoms. The lowest BCUT2D eigenvalue weighted by molar-refractivity contribution is -0.119. The third-order valence-corrected chi connectivity index (χ3v) is 5.84. The fourth-order valence-corrected chi connectivity index (χ4v) is 4.43. The number of thioether (sulfide) groups is 1. The molecular weight excluding hydrogens is 417 g/mol. The Bertz CT molecular complexity index is 1080. The van der Waals surface area contributed by atoms with Crippen LogP contribution in [0.1, 0.15) is 11.3 Å². The highest BCUT2D eigenvalue weighted by Crippen LogP contribution is 2.41. The van der Waals surface area contributed by atoms with E-state index in [0.29, 0.717) is 37.7 Å². The molecule has 1 aliphatic heterocycles. The molecule has 1 aliphatic rings. The summed E-state index contributed by atoms with van der Waals surface area (Å²) >= 11 is 13.6. The van der Waals surface area contributed by atoms with Crippen LogP contribution >= 0.6 is 35.0 Å². The van der Waals surface area contributed by atoms with Crippen molar-refractivity contribution in [3.63, 3.8) is 0 Å². The second kappa shape index (κ2) is 7.87. The Morgan fingerprint density at radius 2 is 1.71 bits per heavy atom. The highest BCUT2D eigenvalue weighted by Gasteiger charge is 2.40. The molecule has 0 aliphatic carbocycles. The lowest BCUT2D eigenvalue weighted by Gasteiger charge is -2.15. The van der Waals surface area contributed by atoms with Crippen LogP contribution in [-0.4, -0.2) is 11.8 Å². The summed E-state index contributed by atoms with van der Waals surface area (Å²) in [6, 6.07) is 17.3. The van der Waals surface area contributed by atoms with Gasteiger partial charge in [0.25, 0.3) is 11.8 Å². The maximum Gasteiger partial charge on any atom is 0.272 e. The Morgan fingerprint density at radius 3 is 2.39 bits per heavy atom. The first-order chi connectivity index (χ1) is 13.6. The number of hydrogen-bond donors (Lipinski definition) is 0. The summed E-state index contributed by atoms with van der Waals surface area (Å²) in [6.45, 7) is 0. The van der Waals surface area contributed by atoms with Gasteiger partial charge >= 0.3 is 0 Å². The van der Waals surface area contributed by atoms with E-state index >= 15 is 0 Å². The number of amides is 2. The van der Waals surface area contributed by atoms with E-state index in [-0.39, 0.29) is 11.5 Å². The third kappa shape index (κ3) is 3.49. The first kappa shape index (κ1) is 18.9. The summed E-state index contributed by atoms with van der Waals surface area (Å²) in [5.41, 5.74) is 1.26. The average molecular weight is 430 g/mol. The zero-order chi connectivity index (χ0) is 19.7. The number of rotatable bonds is 5. The number of anilines is 1. The molecule has 28 heavy (non-hydrogen) atoms. The number of imide groups is 1. The quantitative estimate of drug-likeness (QED) is 0.480. The van der Waals surface area contributed by atoms with Gasteiger partial charge in [0.05, 0.1) is 33.2 Å². The van der Waals surface area contributed by atoms with Gasteiger partial charge < -0.3 is 4.42 Å². The van der Waals surface area contributed by atoms with Crippen LogP contribution in [0.15, 0.2) is 76.2 Å². The molecule has 0 radical (unpaired) electrons. The van der Waals surface area contributed by atoms with Crippen molar-refractivity contribution >= 4 is 58.0 Å². The van der Waals surface area contributed by atoms with E-state index in [1.165, 1.54) is 16.7 Å². The summed E-state index contributed by atoms with van der Waals surface area (Å²) in [5, 5.41) is 0.769. The summed E-state index contributed by atoms with van der Waals surface area (Å²) < 4.78 is 5.35. The number of carbonyl (C=O) groups is 2. The number of carbonyl (C=O) groups excluding carboxylic acids is 2. The normalized spacial score (nSPS) is 14.3.